The van der Waals surface area contributed by atoms with Crippen molar-refractivity contribution in [1.29, 1.82) is 0 Å². The van der Waals surface area contributed by atoms with Crippen LogP contribution in [0.15, 0.2) is 53.4 Å². The first-order chi connectivity index (χ1) is 13.8. The highest BCUT2D eigenvalue weighted by atomic mass is 32.2. The Balaban J connectivity index is 1.59. The average Bonchev–Trinajstić information content (AvgIpc) is 2.70. The number of hydrogen-bond donors (Lipinski definition) is 2. The van der Waals surface area contributed by atoms with E-state index in [2.05, 4.69) is 10.6 Å². The van der Waals surface area contributed by atoms with Crippen LogP contribution in [0, 0.1) is 0 Å². The molecule has 0 spiro atoms. The second-order valence-electron chi connectivity index (χ2n) is 7.09. The molecule has 1 saturated heterocycles. The summed E-state index contributed by atoms with van der Waals surface area (Å²) < 4.78 is 26.9. The van der Waals surface area contributed by atoms with Gasteiger partial charge in [-0.15, -0.1) is 0 Å². The molecule has 1 aliphatic rings. The molecular weight excluding hydrogens is 390 g/mol. The molecule has 1 fully saturated rings. The number of benzene rings is 2. The summed E-state index contributed by atoms with van der Waals surface area (Å²) in [6.45, 7) is 2.55. The molecule has 2 aromatic rings. The van der Waals surface area contributed by atoms with Gasteiger partial charge in [0.05, 0.1) is 11.3 Å². The highest BCUT2D eigenvalue weighted by Gasteiger charge is 2.25. The van der Waals surface area contributed by atoms with E-state index in [1.165, 1.54) is 11.2 Å². The number of nitrogens with zero attached hydrogens (tertiary/aromatic N) is 1. The topological polar surface area (TPSA) is 95.6 Å². The lowest BCUT2D eigenvalue weighted by Gasteiger charge is -2.25. The molecule has 0 unspecified atom stereocenters. The highest BCUT2D eigenvalue weighted by molar-refractivity contribution is 7.89. The third-order valence-electron chi connectivity index (χ3n) is 4.73. The molecule has 0 saturated carbocycles. The van der Waals surface area contributed by atoms with Gasteiger partial charge in [-0.25, -0.2) is 8.42 Å². The zero-order chi connectivity index (χ0) is 20.9. The van der Waals surface area contributed by atoms with Gasteiger partial charge in [-0.3, -0.25) is 9.59 Å². The maximum atomic E-state index is 12.7. The van der Waals surface area contributed by atoms with Crippen molar-refractivity contribution in [1.82, 2.24) is 4.31 Å². The van der Waals surface area contributed by atoms with Crippen LogP contribution in [0.25, 0.3) is 0 Å². The minimum absolute atomic E-state index is 0.136. The predicted octanol–water partition coefficient (Wildman–Crippen LogP) is 3.00. The van der Waals surface area contributed by atoms with Gasteiger partial charge in [-0.05, 0) is 54.8 Å². The Morgan fingerprint density at radius 2 is 1.41 bits per heavy atom. The predicted molar refractivity (Wildman–Crippen MR) is 112 cm³/mol. The zero-order valence-electron chi connectivity index (χ0n) is 16.3. The SMILES string of the molecule is CC(=O)Nc1ccc(NC(=O)Cc2ccc(S(=O)(=O)N3CCCCC3)cc2)cc1. The van der Waals surface area contributed by atoms with Gasteiger partial charge in [-0.2, -0.15) is 4.31 Å². The first-order valence-corrected chi connectivity index (χ1v) is 11.1. The van der Waals surface area contributed by atoms with Gasteiger partial charge in [0, 0.05) is 31.4 Å². The summed E-state index contributed by atoms with van der Waals surface area (Å²) in [5.41, 5.74) is 2.00. The van der Waals surface area contributed by atoms with E-state index in [1.54, 1.807) is 48.5 Å². The largest absolute Gasteiger partial charge is 0.326 e. The van der Waals surface area contributed by atoms with E-state index in [9.17, 15) is 18.0 Å². The van der Waals surface area contributed by atoms with Crippen LogP contribution in [-0.4, -0.2) is 37.6 Å². The van der Waals surface area contributed by atoms with E-state index >= 15 is 0 Å². The molecule has 2 amide bonds. The summed E-state index contributed by atoms with van der Waals surface area (Å²) in [5.74, 6) is -0.364. The average molecular weight is 416 g/mol. The van der Waals surface area contributed by atoms with E-state index < -0.39 is 10.0 Å². The van der Waals surface area contributed by atoms with E-state index in [1.807, 2.05) is 0 Å². The molecule has 3 rings (SSSR count). The minimum atomic E-state index is -3.47. The summed E-state index contributed by atoms with van der Waals surface area (Å²) in [7, 11) is -3.47. The van der Waals surface area contributed by atoms with Crippen LogP contribution < -0.4 is 10.6 Å². The first kappa shape index (κ1) is 21.0. The van der Waals surface area contributed by atoms with E-state index in [0.717, 1.165) is 24.8 Å². The Kier molecular flexibility index (Phi) is 6.66. The smallest absolute Gasteiger partial charge is 0.243 e. The van der Waals surface area contributed by atoms with Crippen molar-refractivity contribution in [3.8, 4) is 0 Å². The lowest BCUT2D eigenvalue weighted by molar-refractivity contribution is -0.116. The van der Waals surface area contributed by atoms with Crippen molar-refractivity contribution in [2.45, 2.75) is 37.5 Å². The molecule has 8 heteroatoms. The Bertz CT molecular complexity index is 964. The number of carbonyl (C=O) groups excluding carboxylic acids is 2. The number of carbonyl (C=O) groups is 2. The van der Waals surface area contributed by atoms with Crippen molar-refractivity contribution in [3.63, 3.8) is 0 Å². The zero-order valence-corrected chi connectivity index (χ0v) is 17.2. The second-order valence-corrected chi connectivity index (χ2v) is 9.03. The number of anilines is 2. The minimum Gasteiger partial charge on any atom is -0.326 e. The molecule has 154 valence electrons. The van der Waals surface area contributed by atoms with Crippen LogP contribution in [0.1, 0.15) is 31.7 Å². The number of rotatable bonds is 6. The van der Waals surface area contributed by atoms with Crippen LogP contribution in [0.5, 0.6) is 0 Å². The van der Waals surface area contributed by atoms with Crippen LogP contribution in [0.3, 0.4) is 0 Å². The molecule has 0 aliphatic carbocycles. The fraction of sp³-hybridized carbons (Fsp3) is 0.333. The summed E-state index contributed by atoms with van der Waals surface area (Å²) in [4.78, 5) is 23.6. The molecule has 1 aliphatic heterocycles. The second kappa shape index (κ2) is 9.19. The number of piperidine rings is 1. The van der Waals surface area contributed by atoms with E-state index in [-0.39, 0.29) is 23.1 Å². The fourth-order valence-electron chi connectivity index (χ4n) is 3.26. The molecule has 0 bridgehead atoms. The lowest BCUT2D eigenvalue weighted by Crippen LogP contribution is -2.35. The summed E-state index contributed by atoms with van der Waals surface area (Å²) in [6.07, 6.45) is 2.99. The van der Waals surface area contributed by atoms with E-state index in [4.69, 9.17) is 0 Å². The number of hydrogen-bond acceptors (Lipinski definition) is 4. The third-order valence-corrected chi connectivity index (χ3v) is 6.64. The molecule has 29 heavy (non-hydrogen) atoms. The monoisotopic (exact) mass is 415 g/mol. The van der Waals surface area contributed by atoms with Crippen LogP contribution in [0.4, 0.5) is 11.4 Å². The van der Waals surface area contributed by atoms with Crippen LogP contribution in [0.2, 0.25) is 0 Å². The van der Waals surface area contributed by atoms with Gasteiger partial charge in [-0.1, -0.05) is 18.6 Å². The van der Waals surface area contributed by atoms with Gasteiger partial charge in [0.2, 0.25) is 21.8 Å². The molecule has 1 heterocycles. The van der Waals surface area contributed by atoms with Crippen LogP contribution >= 0.6 is 0 Å². The summed E-state index contributed by atoms with van der Waals surface area (Å²) in [6, 6.07) is 13.3. The van der Waals surface area contributed by atoms with Crippen molar-refractivity contribution >= 4 is 33.2 Å². The molecule has 0 radical (unpaired) electrons. The Labute approximate surface area is 171 Å². The van der Waals surface area contributed by atoms with Crippen molar-refractivity contribution in [2.75, 3.05) is 23.7 Å². The third kappa shape index (κ3) is 5.65. The Hall–Kier alpha value is -2.71. The van der Waals surface area contributed by atoms with Crippen molar-refractivity contribution in [2.24, 2.45) is 0 Å². The van der Waals surface area contributed by atoms with Crippen LogP contribution in [-0.2, 0) is 26.0 Å². The van der Waals surface area contributed by atoms with Gasteiger partial charge in [0.15, 0.2) is 0 Å². The number of sulfonamides is 1. The molecular formula is C21H25N3O4S. The van der Waals surface area contributed by atoms with Gasteiger partial charge >= 0.3 is 0 Å². The first-order valence-electron chi connectivity index (χ1n) is 9.61. The van der Waals surface area contributed by atoms with Crippen molar-refractivity contribution in [3.05, 3.63) is 54.1 Å². The standard InChI is InChI=1S/C21H25N3O4S/c1-16(25)22-18-7-9-19(10-8-18)23-21(26)15-17-5-11-20(12-6-17)29(27,28)24-13-3-2-4-14-24/h5-12H,2-4,13-15H2,1H3,(H,22,25)(H,23,26). The molecule has 2 N–H and O–H groups in total. The summed E-state index contributed by atoms with van der Waals surface area (Å²) in [5, 5.41) is 5.45. The Morgan fingerprint density at radius 1 is 0.862 bits per heavy atom. The van der Waals surface area contributed by atoms with Gasteiger partial charge in [0.1, 0.15) is 0 Å². The summed E-state index contributed by atoms with van der Waals surface area (Å²) >= 11 is 0. The Morgan fingerprint density at radius 3 is 1.97 bits per heavy atom. The number of amides is 2. The van der Waals surface area contributed by atoms with Gasteiger partial charge < -0.3 is 10.6 Å². The maximum absolute atomic E-state index is 12.7. The van der Waals surface area contributed by atoms with E-state index in [0.29, 0.717) is 24.5 Å². The van der Waals surface area contributed by atoms with Crippen molar-refractivity contribution < 1.29 is 18.0 Å². The molecule has 7 nitrogen and oxygen atoms in total. The fourth-order valence-corrected chi connectivity index (χ4v) is 4.78. The quantitative estimate of drug-likeness (QED) is 0.758. The maximum Gasteiger partial charge on any atom is 0.243 e. The molecule has 0 aromatic heterocycles. The molecule has 0 atom stereocenters. The van der Waals surface area contributed by atoms with Gasteiger partial charge in [0.25, 0.3) is 0 Å². The molecule has 2 aromatic carbocycles. The highest BCUT2D eigenvalue weighted by Crippen LogP contribution is 2.21. The normalized spacial score (nSPS) is 14.9. The lowest BCUT2D eigenvalue weighted by atomic mass is 10.1. The number of nitrogens with one attached hydrogen (secondary N) is 2.